The zero-order valence-electron chi connectivity index (χ0n) is 6.98. The van der Waals surface area contributed by atoms with E-state index in [0.717, 1.165) is 11.1 Å². The van der Waals surface area contributed by atoms with Gasteiger partial charge in [0, 0.05) is 0 Å². The molecule has 0 aliphatic carbocycles. The molecule has 0 nitrogen and oxygen atoms in total. The van der Waals surface area contributed by atoms with Crippen LogP contribution in [0, 0.1) is 0 Å². The quantitative estimate of drug-likeness (QED) is 0.688. The number of hydrogen-bond donors (Lipinski definition) is 0. The molecule has 0 saturated carbocycles. The average molecular weight is 268 g/mol. The van der Waals surface area contributed by atoms with Gasteiger partial charge in [-0.2, -0.15) is 0 Å². The normalized spacial score (nSPS) is 9.43. The van der Waals surface area contributed by atoms with Gasteiger partial charge in [0.25, 0.3) is 0 Å². The standard InChI is InChI=1S/C10H6Cl4/c11-9(12)5-7-1-2-8(4-3-7)6-10(13)14/h1-6H. The second-order valence-corrected chi connectivity index (χ2v) is 4.55. The molecular weight excluding hydrogens is 262 g/mol. The highest BCUT2D eigenvalue weighted by molar-refractivity contribution is 6.58. The molecule has 74 valence electrons. The molecule has 14 heavy (non-hydrogen) atoms. The van der Waals surface area contributed by atoms with Gasteiger partial charge in [0.05, 0.1) is 0 Å². The summed E-state index contributed by atoms with van der Waals surface area (Å²) in [5, 5.41) is 0. The van der Waals surface area contributed by atoms with Crippen LogP contribution in [0.1, 0.15) is 11.1 Å². The Labute approximate surface area is 103 Å². The molecule has 0 radical (unpaired) electrons. The van der Waals surface area contributed by atoms with E-state index in [2.05, 4.69) is 0 Å². The maximum absolute atomic E-state index is 5.51. The van der Waals surface area contributed by atoms with Crippen molar-refractivity contribution in [1.29, 1.82) is 0 Å². The number of rotatable bonds is 2. The van der Waals surface area contributed by atoms with Crippen LogP contribution in [0.4, 0.5) is 0 Å². The van der Waals surface area contributed by atoms with Crippen LogP contribution < -0.4 is 0 Å². The van der Waals surface area contributed by atoms with Crippen molar-refractivity contribution < 1.29 is 0 Å². The lowest BCUT2D eigenvalue weighted by Gasteiger charge is -1.95. The topological polar surface area (TPSA) is 0 Å². The van der Waals surface area contributed by atoms with E-state index in [-0.39, 0.29) is 8.98 Å². The predicted molar refractivity (Wildman–Crippen MR) is 65.8 cm³/mol. The van der Waals surface area contributed by atoms with Gasteiger partial charge in [0.2, 0.25) is 0 Å². The SMILES string of the molecule is ClC(Cl)=Cc1ccc(C=C(Cl)Cl)cc1. The van der Waals surface area contributed by atoms with Crippen LogP contribution in [0.25, 0.3) is 12.2 Å². The minimum absolute atomic E-state index is 0.226. The highest BCUT2D eigenvalue weighted by Gasteiger charge is 1.92. The number of hydrogen-bond acceptors (Lipinski definition) is 0. The molecule has 0 spiro atoms. The lowest BCUT2D eigenvalue weighted by Crippen LogP contribution is -1.74. The average Bonchev–Trinajstić information content (AvgIpc) is 2.06. The minimum atomic E-state index is 0.226. The van der Waals surface area contributed by atoms with Gasteiger partial charge < -0.3 is 0 Å². The Morgan fingerprint density at radius 2 is 1.00 bits per heavy atom. The molecule has 4 heteroatoms. The zero-order valence-corrected chi connectivity index (χ0v) is 10.00. The molecule has 1 aromatic carbocycles. The molecule has 1 rings (SSSR count). The van der Waals surface area contributed by atoms with Gasteiger partial charge in [0.15, 0.2) is 0 Å². The highest BCUT2D eigenvalue weighted by Crippen LogP contribution is 2.17. The van der Waals surface area contributed by atoms with Crippen LogP contribution in [0.2, 0.25) is 0 Å². The molecule has 0 heterocycles. The van der Waals surface area contributed by atoms with Gasteiger partial charge in [-0.1, -0.05) is 70.7 Å². The lowest BCUT2D eigenvalue weighted by atomic mass is 10.1. The van der Waals surface area contributed by atoms with Gasteiger partial charge in [-0.05, 0) is 23.3 Å². The van der Waals surface area contributed by atoms with E-state index in [9.17, 15) is 0 Å². The van der Waals surface area contributed by atoms with E-state index < -0.39 is 0 Å². The Bertz CT molecular complexity index is 317. The van der Waals surface area contributed by atoms with Crippen molar-refractivity contribution in [3.8, 4) is 0 Å². The van der Waals surface area contributed by atoms with Gasteiger partial charge in [-0.3, -0.25) is 0 Å². The summed E-state index contributed by atoms with van der Waals surface area (Å²) in [6.07, 6.45) is 3.30. The summed E-state index contributed by atoms with van der Waals surface area (Å²) in [5.74, 6) is 0. The lowest BCUT2D eigenvalue weighted by molar-refractivity contribution is 1.62. The van der Waals surface area contributed by atoms with E-state index in [1.54, 1.807) is 12.2 Å². The smallest absolute Gasteiger partial charge is 0.0709 e. The summed E-state index contributed by atoms with van der Waals surface area (Å²) in [6, 6.07) is 7.47. The van der Waals surface area contributed by atoms with Crippen LogP contribution in [0.5, 0.6) is 0 Å². The van der Waals surface area contributed by atoms with Crippen molar-refractivity contribution in [3.05, 3.63) is 44.4 Å². The summed E-state index contributed by atoms with van der Waals surface area (Å²) >= 11 is 22.0. The molecule has 0 saturated heterocycles. The van der Waals surface area contributed by atoms with E-state index in [1.807, 2.05) is 24.3 Å². The van der Waals surface area contributed by atoms with Gasteiger partial charge in [0.1, 0.15) is 8.98 Å². The van der Waals surface area contributed by atoms with Gasteiger partial charge in [-0.25, -0.2) is 0 Å². The molecular formula is C10H6Cl4. The molecule has 0 aliphatic heterocycles. The molecule has 0 amide bonds. The third kappa shape index (κ3) is 4.39. The zero-order chi connectivity index (χ0) is 10.6. The molecule has 0 bridgehead atoms. The Balaban J connectivity index is 2.89. The first-order valence-electron chi connectivity index (χ1n) is 3.73. The monoisotopic (exact) mass is 266 g/mol. The minimum Gasteiger partial charge on any atom is -0.0709 e. The molecule has 0 atom stereocenters. The molecule has 0 aliphatic rings. The van der Waals surface area contributed by atoms with Crippen molar-refractivity contribution in [3.63, 3.8) is 0 Å². The summed E-state index contributed by atoms with van der Waals surface area (Å²) < 4.78 is 0.451. The maximum Gasteiger partial charge on any atom is 0.107 e. The summed E-state index contributed by atoms with van der Waals surface area (Å²) in [7, 11) is 0. The maximum atomic E-state index is 5.51. The molecule has 0 fully saturated rings. The fraction of sp³-hybridized carbons (Fsp3) is 0. The third-order valence-corrected chi connectivity index (χ3v) is 1.92. The largest absolute Gasteiger partial charge is 0.107 e. The molecule has 0 N–H and O–H groups in total. The number of halogens is 4. The van der Waals surface area contributed by atoms with Gasteiger partial charge in [-0.15, -0.1) is 0 Å². The molecule has 1 aromatic rings. The second-order valence-electron chi connectivity index (χ2n) is 2.53. The Hall–Kier alpha value is -0.140. The first-order valence-corrected chi connectivity index (χ1v) is 5.24. The molecule has 0 unspecified atom stereocenters. The Morgan fingerprint density at radius 3 is 1.21 bits per heavy atom. The van der Waals surface area contributed by atoms with Crippen molar-refractivity contribution in [2.45, 2.75) is 0 Å². The van der Waals surface area contributed by atoms with Crippen molar-refractivity contribution >= 4 is 58.6 Å². The first kappa shape index (κ1) is 11.9. The fourth-order valence-electron chi connectivity index (χ4n) is 0.940. The fourth-order valence-corrected chi connectivity index (χ4v) is 1.44. The second kappa shape index (κ2) is 5.67. The Kier molecular flexibility index (Phi) is 4.83. The summed E-state index contributed by atoms with van der Waals surface area (Å²) in [4.78, 5) is 0. The van der Waals surface area contributed by atoms with Crippen LogP contribution in [0.3, 0.4) is 0 Å². The molecule has 0 aromatic heterocycles. The van der Waals surface area contributed by atoms with Crippen LogP contribution >= 0.6 is 46.4 Å². The van der Waals surface area contributed by atoms with Crippen LogP contribution in [-0.4, -0.2) is 0 Å². The summed E-state index contributed by atoms with van der Waals surface area (Å²) in [6.45, 7) is 0. The predicted octanol–water partition coefficient (Wildman–Crippen LogP) is 5.24. The number of benzene rings is 1. The van der Waals surface area contributed by atoms with Crippen molar-refractivity contribution in [2.24, 2.45) is 0 Å². The van der Waals surface area contributed by atoms with Crippen LogP contribution in [0.15, 0.2) is 33.2 Å². The summed E-state index contributed by atoms with van der Waals surface area (Å²) in [5.41, 5.74) is 1.85. The highest BCUT2D eigenvalue weighted by atomic mass is 35.5. The van der Waals surface area contributed by atoms with Crippen molar-refractivity contribution in [2.75, 3.05) is 0 Å². The van der Waals surface area contributed by atoms with Crippen molar-refractivity contribution in [1.82, 2.24) is 0 Å². The Morgan fingerprint density at radius 1 is 0.714 bits per heavy atom. The van der Waals surface area contributed by atoms with E-state index in [0.29, 0.717) is 0 Å². The first-order chi connectivity index (χ1) is 6.58. The van der Waals surface area contributed by atoms with E-state index >= 15 is 0 Å². The van der Waals surface area contributed by atoms with E-state index in [4.69, 9.17) is 46.4 Å². The van der Waals surface area contributed by atoms with E-state index in [1.165, 1.54) is 0 Å². The van der Waals surface area contributed by atoms with Gasteiger partial charge >= 0.3 is 0 Å². The van der Waals surface area contributed by atoms with Crippen LogP contribution in [-0.2, 0) is 0 Å². The third-order valence-electron chi connectivity index (χ3n) is 1.49.